The van der Waals surface area contributed by atoms with Crippen molar-refractivity contribution in [1.82, 2.24) is 10.2 Å². The Morgan fingerprint density at radius 1 is 1.25 bits per heavy atom. The topological polar surface area (TPSA) is 58.4 Å². The molecule has 0 atom stereocenters. The van der Waals surface area contributed by atoms with Gasteiger partial charge in [-0.2, -0.15) is 0 Å². The van der Waals surface area contributed by atoms with Crippen LogP contribution in [0.25, 0.3) is 0 Å². The van der Waals surface area contributed by atoms with Gasteiger partial charge in [0.25, 0.3) is 0 Å². The molecule has 4 nitrogen and oxygen atoms in total. The lowest BCUT2D eigenvalue weighted by Gasteiger charge is -2.29. The molecule has 1 heterocycles. The number of hydrogen-bond donors (Lipinski definition) is 2. The van der Waals surface area contributed by atoms with Crippen molar-refractivity contribution in [3.63, 3.8) is 0 Å². The van der Waals surface area contributed by atoms with Crippen molar-refractivity contribution in [3.8, 4) is 0 Å². The van der Waals surface area contributed by atoms with Gasteiger partial charge in [-0.25, -0.2) is 0 Å². The highest BCUT2D eigenvalue weighted by Crippen LogP contribution is 2.08. The first kappa shape index (κ1) is 15.0. The normalized spacial score (nSPS) is 17.1. The molecule has 1 saturated heterocycles. The Morgan fingerprint density at radius 2 is 1.85 bits per heavy atom. The summed E-state index contributed by atoms with van der Waals surface area (Å²) in [7, 11) is 0. The lowest BCUT2D eigenvalue weighted by Crippen LogP contribution is -2.44. The molecule has 0 unspecified atom stereocenters. The van der Waals surface area contributed by atoms with E-state index in [1.165, 1.54) is 5.56 Å². The average molecular weight is 275 g/mol. The van der Waals surface area contributed by atoms with E-state index in [0.29, 0.717) is 19.1 Å². The van der Waals surface area contributed by atoms with Gasteiger partial charge in [0.15, 0.2) is 0 Å². The molecule has 2 rings (SSSR count). The molecule has 1 aromatic carbocycles. The Labute approximate surface area is 121 Å². The van der Waals surface area contributed by atoms with Gasteiger partial charge in [-0.15, -0.1) is 0 Å². The third kappa shape index (κ3) is 4.62. The fraction of sp³-hybridized carbons (Fsp3) is 0.562. The molecule has 1 aliphatic heterocycles. The summed E-state index contributed by atoms with van der Waals surface area (Å²) in [5, 5.41) is 2.98. The standard InChI is InChI=1S/C16H25N3O/c1-2-13-3-5-14(6-4-13)11-18-16(20)12-19-9-7-15(17)8-10-19/h3-6,15H,2,7-12,17H2,1H3,(H,18,20). The zero-order valence-corrected chi connectivity index (χ0v) is 12.3. The highest BCUT2D eigenvalue weighted by atomic mass is 16.2. The van der Waals surface area contributed by atoms with Crippen molar-refractivity contribution in [3.05, 3.63) is 35.4 Å². The number of nitrogens with zero attached hydrogens (tertiary/aromatic N) is 1. The van der Waals surface area contributed by atoms with Gasteiger partial charge in [0.2, 0.25) is 5.91 Å². The van der Waals surface area contributed by atoms with Crippen LogP contribution in [-0.4, -0.2) is 36.5 Å². The highest BCUT2D eigenvalue weighted by molar-refractivity contribution is 5.78. The quantitative estimate of drug-likeness (QED) is 0.851. The van der Waals surface area contributed by atoms with Crippen LogP contribution in [0.5, 0.6) is 0 Å². The van der Waals surface area contributed by atoms with Gasteiger partial charge in [-0.3, -0.25) is 9.69 Å². The van der Waals surface area contributed by atoms with Crippen LogP contribution in [0.15, 0.2) is 24.3 Å². The largest absolute Gasteiger partial charge is 0.351 e. The number of rotatable bonds is 5. The lowest BCUT2D eigenvalue weighted by atomic mass is 10.1. The average Bonchev–Trinajstić information content (AvgIpc) is 2.48. The van der Waals surface area contributed by atoms with E-state index in [9.17, 15) is 4.79 Å². The highest BCUT2D eigenvalue weighted by Gasteiger charge is 2.17. The van der Waals surface area contributed by atoms with E-state index >= 15 is 0 Å². The Morgan fingerprint density at radius 3 is 2.45 bits per heavy atom. The number of benzene rings is 1. The summed E-state index contributed by atoms with van der Waals surface area (Å²) in [5.74, 6) is 0.0973. The maximum atomic E-state index is 11.9. The van der Waals surface area contributed by atoms with Gasteiger partial charge < -0.3 is 11.1 Å². The number of hydrogen-bond acceptors (Lipinski definition) is 3. The second kappa shape index (κ2) is 7.41. The second-order valence-corrected chi connectivity index (χ2v) is 5.56. The molecule has 3 N–H and O–H groups in total. The van der Waals surface area contributed by atoms with E-state index in [2.05, 4.69) is 41.4 Å². The minimum atomic E-state index is 0.0973. The van der Waals surface area contributed by atoms with Crippen LogP contribution >= 0.6 is 0 Å². The number of amides is 1. The Hall–Kier alpha value is -1.39. The fourth-order valence-electron chi connectivity index (χ4n) is 2.46. The third-order valence-electron chi connectivity index (χ3n) is 3.92. The molecular formula is C16H25N3O. The number of carbonyl (C=O) groups is 1. The van der Waals surface area contributed by atoms with Gasteiger partial charge in [0.1, 0.15) is 0 Å². The van der Waals surface area contributed by atoms with Crippen LogP contribution in [0.1, 0.15) is 30.9 Å². The predicted molar refractivity (Wildman–Crippen MR) is 81.3 cm³/mol. The predicted octanol–water partition coefficient (Wildman–Crippen LogP) is 1.29. The molecule has 1 amide bonds. The smallest absolute Gasteiger partial charge is 0.234 e. The number of carbonyl (C=O) groups excluding carboxylic acids is 1. The summed E-state index contributed by atoms with van der Waals surface area (Å²) in [6.07, 6.45) is 3.03. The first-order valence-electron chi connectivity index (χ1n) is 7.50. The Kier molecular flexibility index (Phi) is 5.56. The molecule has 1 fully saturated rings. The summed E-state index contributed by atoms with van der Waals surface area (Å²) in [4.78, 5) is 14.1. The molecule has 4 heteroatoms. The molecule has 110 valence electrons. The molecular weight excluding hydrogens is 250 g/mol. The zero-order valence-electron chi connectivity index (χ0n) is 12.3. The molecule has 1 aliphatic rings. The zero-order chi connectivity index (χ0) is 14.4. The molecule has 0 radical (unpaired) electrons. The summed E-state index contributed by atoms with van der Waals surface area (Å²) >= 11 is 0. The van der Waals surface area contributed by atoms with Crippen molar-refractivity contribution < 1.29 is 4.79 Å². The van der Waals surface area contributed by atoms with Gasteiger partial charge in [0.05, 0.1) is 6.54 Å². The number of nitrogens with two attached hydrogens (primary N) is 1. The maximum Gasteiger partial charge on any atom is 0.234 e. The minimum absolute atomic E-state index is 0.0973. The minimum Gasteiger partial charge on any atom is -0.351 e. The third-order valence-corrected chi connectivity index (χ3v) is 3.92. The van der Waals surface area contributed by atoms with Crippen molar-refractivity contribution in [2.75, 3.05) is 19.6 Å². The van der Waals surface area contributed by atoms with Crippen LogP contribution in [0.2, 0.25) is 0 Å². The Bertz CT molecular complexity index is 422. The molecule has 0 saturated carbocycles. The molecule has 1 aromatic rings. The van der Waals surface area contributed by atoms with Gasteiger partial charge in [-0.05, 0) is 30.4 Å². The molecule has 0 aliphatic carbocycles. The first-order chi connectivity index (χ1) is 9.67. The van der Waals surface area contributed by atoms with Crippen LogP contribution in [0.4, 0.5) is 0 Å². The molecule has 0 aromatic heterocycles. The summed E-state index contributed by atoms with van der Waals surface area (Å²) in [5.41, 5.74) is 8.33. The molecule has 0 bridgehead atoms. The SMILES string of the molecule is CCc1ccc(CNC(=O)CN2CCC(N)CC2)cc1. The van der Waals surface area contributed by atoms with E-state index in [0.717, 1.165) is 37.9 Å². The number of piperidine rings is 1. The van der Waals surface area contributed by atoms with Crippen LogP contribution in [0, 0.1) is 0 Å². The van der Waals surface area contributed by atoms with Gasteiger partial charge in [0, 0.05) is 25.7 Å². The lowest BCUT2D eigenvalue weighted by molar-refractivity contribution is -0.122. The van der Waals surface area contributed by atoms with Gasteiger partial charge >= 0.3 is 0 Å². The maximum absolute atomic E-state index is 11.9. The molecule has 0 spiro atoms. The summed E-state index contributed by atoms with van der Waals surface area (Å²) < 4.78 is 0. The van der Waals surface area contributed by atoms with E-state index < -0.39 is 0 Å². The number of likely N-dealkylation sites (tertiary alicyclic amines) is 1. The van der Waals surface area contributed by atoms with Crippen LogP contribution in [-0.2, 0) is 17.8 Å². The summed E-state index contributed by atoms with van der Waals surface area (Å²) in [6, 6.07) is 8.71. The number of nitrogens with one attached hydrogen (secondary N) is 1. The fourth-order valence-corrected chi connectivity index (χ4v) is 2.46. The van der Waals surface area contributed by atoms with Crippen molar-refractivity contribution in [2.24, 2.45) is 5.73 Å². The van der Waals surface area contributed by atoms with Crippen molar-refractivity contribution >= 4 is 5.91 Å². The van der Waals surface area contributed by atoms with E-state index in [-0.39, 0.29) is 5.91 Å². The summed E-state index contributed by atoms with van der Waals surface area (Å²) in [6.45, 7) is 5.09. The van der Waals surface area contributed by atoms with Crippen LogP contribution < -0.4 is 11.1 Å². The van der Waals surface area contributed by atoms with Gasteiger partial charge in [-0.1, -0.05) is 31.2 Å². The van der Waals surface area contributed by atoms with E-state index in [4.69, 9.17) is 5.73 Å². The van der Waals surface area contributed by atoms with Crippen LogP contribution in [0.3, 0.4) is 0 Å². The number of aryl methyl sites for hydroxylation is 1. The van der Waals surface area contributed by atoms with Crippen molar-refractivity contribution in [1.29, 1.82) is 0 Å². The Balaban J connectivity index is 1.71. The monoisotopic (exact) mass is 275 g/mol. The molecule has 20 heavy (non-hydrogen) atoms. The van der Waals surface area contributed by atoms with E-state index in [1.807, 2.05) is 0 Å². The van der Waals surface area contributed by atoms with E-state index in [1.54, 1.807) is 0 Å². The second-order valence-electron chi connectivity index (χ2n) is 5.56. The van der Waals surface area contributed by atoms with Crippen molar-refractivity contribution in [2.45, 2.75) is 38.8 Å². The first-order valence-corrected chi connectivity index (χ1v) is 7.50.